The van der Waals surface area contributed by atoms with Crippen LogP contribution in [0.5, 0.6) is 0 Å². The highest BCUT2D eigenvalue weighted by Crippen LogP contribution is 2.31. The van der Waals surface area contributed by atoms with E-state index in [0.29, 0.717) is 50.4 Å². The normalized spacial score (nSPS) is 17.4. The molecule has 23 heteroatoms. The van der Waals surface area contributed by atoms with Gasteiger partial charge in [-0.3, -0.25) is 14.7 Å². The van der Waals surface area contributed by atoms with Crippen molar-refractivity contribution < 1.29 is 26.4 Å². The number of thiazole rings is 2. The summed E-state index contributed by atoms with van der Waals surface area (Å²) in [6.45, 7) is 1.98. The molecule has 6 aromatic heterocycles. The van der Waals surface area contributed by atoms with Gasteiger partial charge in [-0.05, 0) is 86.5 Å². The molecule has 14 nitrogen and oxygen atoms in total. The number of rotatable bonds is 12. The molecule has 59 heavy (non-hydrogen) atoms. The molecule has 316 valence electrons. The van der Waals surface area contributed by atoms with Crippen LogP contribution in [0.25, 0.3) is 0 Å². The van der Waals surface area contributed by atoms with Crippen molar-refractivity contribution in [2.75, 3.05) is 38.7 Å². The number of hydrogen-bond donors (Lipinski definition) is 1. The molecule has 6 aromatic rings. The lowest BCUT2D eigenvalue weighted by Gasteiger charge is -2.11. The Morgan fingerprint density at radius 3 is 1.76 bits per heavy atom. The van der Waals surface area contributed by atoms with Crippen LogP contribution in [0.15, 0.2) is 58.2 Å². The van der Waals surface area contributed by atoms with Gasteiger partial charge < -0.3 is 0 Å². The van der Waals surface area contributed by atoms with Gasteiger partial charge in [0, 0.05) is 69.9 Å². The Hall–Kier alpha value is -2.89. The molecule has 0 spiro atoms. The first-order valence-corrected chi connectivity index (χ1v) is 26.4. The van der Waals surface area contributed by atoms with E-state index in [1.807, 2.05) is 30.3 Å². The maximum absolute atomic E-state index is 12.9. The number of aromatic nitrogens is 6. The molecule has 0 saturated carbocycles. The Bertz CT molecular complexity index is 2550. The quantitative estimate of drug-likeness (QED) is 0.121. The van der Waals surface area contributed by atoms with E-state index < -0.39 is 25.3 Å². The maximum Gasteiger partial charge on any atom is 0.297 e. The lowest BCUT2D eigenvalue weighted by atomic mass is 10.0. The standard InChI is InChI=1S/C18H19ClN4O3S3.C14H18ClN3O2S2.C4H2ClNOS/c1-29(25,26)22-7-6-12(9-22)15-8-13(2-3-14-4-5-17(19)28-14)23(21-15)18(24)16-10-27-11-20-16;1-22(19,20)18-7-6-10(9-18)13-8-11(16-17-13)2-3-12-4-5-14(15)21-12;5-4(7)3-1-8-2-6-3/h4-5,8,10-12H,2-3,6-7,9H2,1H3;4-5,8,10H,2-3,6-7,9H2,1H3,(H,16,17);1-2H. The summed E-state index contributed by atoms with van der Waals surface area (Å²) in [5, 5.41) is 14.8. The lowest BCUT2D eigenvalue weighted by molar-refractivity contribution is 0.0936. The van der Waals surface area contributed by atoms with Crippen LogP contribution in [-0.2, 0) is 45.7 Å². The minimum atomic E-state index is -3.23. The monoisotopic (exact) mass is 976 g/mol. The zero-order valence-corrected chi connectivity index (χ0v) is 38.8. The molecule has 0 bridgehead atoms. The first-order valence-electron chi connectivity index (χ1n) is 18.1. The molecule has 0 radical (unpaired) electrons. The zero-order valence-electron chi connectivity index (χ0n) is 31.7. The number of aryl methyl sites for hydroxylation is 4. The average molecular weight is 979 g/mol. The predicted octanol–water partition coefficient (Wildman–Crippen LogP) is 7.46. The second-order valence-corrected chi connectivity index (χ2v) is 23.1. The summed E-state index contributed by atoms with van der Waals surface area (Å²) in [5.74, 6) is -0.102. The molecular weight excluding hydrogens is 939 g/mol. The number of H-pyrrole nitrogens is 1. The summed E-state index contributed by atoms with van der Waals surface area (Å²) < 4.78 is 52.8. The zero-order chi connectivity index (χ0) is 42.3. The fourth-order valence-electron chi connectivity index (χ4n) is 6.47. The molecule has 2 aliphatic heterocycles. The number of aromatic amines is 1. The summed E-state index contributed by atoms with van der Waals surface area (Å²) in [6.07, 6.45) is 7.18. The van der Waals surface area contributed by atoms with Crippen molar-refractivity contribution in [1.29, 1.82) is 0 Å². The van der Waals surface area contributed by atoms with E-state index in [1.165, 1.54) is 64.7 Å². The summed E-state index contributed by atoms with van der Waals surface area (Å²) in [5.41, 5.74) is 7.45. The van der Waals surface area contributed by atoms with Crippen molar-refractivity contribution in [2.45, 2.75) is 50.4 Å². The number of halogens is 3. The van der Waals surface area contributed by atoms with Crippen molar-refractivity contribution >= 4 is 111 Å². The van der Waals surface area contributed by atoms with Gasteiger partial charge >= 0.3 is 0 Å². The Balaban J connectivity index is 0.000000171. The number of carbonyl (C=O) groups excluding carboxylic acids is 2. The van der Waals surface area contributed by atoms with Gasteiger partial charge in [0.05, 0.1) is 43.6 Å². The summed E-state index contributed by atoms with van der Waals surface area (Å²) >= 11 is 22.8. The van der Waals surface area contributed by atoms with Crippen LogP contribution < -0.4 is 0 Å². The van der Waals surface area contributed by atoms with Crippen LogP contribution in [-0.4, -0.2) is 105 Å². The van der Waals surface area contributed by atoms with Crippen LogP contribution in [0.2, 0.25) is 8.67 Å². The molecule has 8 rings (SSSR count). The van der Waals surface area contributed by atoms with E-state index in [0.717, 1.165) is 62.0 Å². The van der Waals surface area contributed by atoms with Gasteiger partial charge in [-0.1, -0.05) is 23.2 Å². The van der Waals surface area contributed by atoms with E-state index >= 15 is 0 Å². The van der Waals surface area contributed by atoms with Crippen LogP contribution in [0.1, 0.15) is 78.2 Å². The van der Waals surface area contributed by atoms with Crippen molar-refractivity contribution in [2.24, 2.45) is 0 Å². The molecule has 2 atom stereocenters. The fourth-order valence-corrected chi connectivity index (χ4v) is 11.6. The highest BCUT2D eigenvalue weighted by atomic mass is 35.5. The number of carbonyl (C=O) groups is 2. The van der Waals surface area contributed by atoms with E-state index in [1.54, 1.807) is 33.1 Å². The Labute approximate surface area is 373 Å². The molecule has 1 N–H and O–H groups in total. The predicted molar refractivity (Wildman–Crippen MR) is 236 cm³/mol. The molecule has 2 fully saturated rings. The highest BCUT2D eigenvalue weighted by molar-refractivity contribution is 7.88. The van der Waals surface area contributed by atoms with Gasteiger partial charge in [-0.2, -0.15) is 14.9 Å². The summed E-state index contributed by atoms with van der Waals surface area (Å²) in [6, 6.07) is 11.8. The topological polar surface area (TPSA) is 181 Å². The maximum atomic E-state index is 12.9. The molecule has 0 aliphatic carbocycles. The minimum Gasteiger partial charge on any atom is -0.282 e. The molecule has 2 saturated heterocycles. The summed E-state index contributed by atoms with van der Waals surface area (Å²) in [7, 11) is -6.33. The highest BCUT2D eigenvalue weighted by Gasteiger charge is 2.33. The molecule has 0 aromatic carbocycles. The van der Waals surface area contributed by atoms with Crippen LogP contribution in [0.4, 0.5) is 0 Å². The van der Waals surface area contributed by atoms with E-state index in [2.05, 4.69) is 31.3 Å². The number of sulfonamides is 2. The van der Waals surface area contributed by atoms with E-state index in [4.69, 9.17) is 34.8 Å². The van der Waals surface area contributed by atoms with Gasteiger partial charge in [0.25, 0.3) is 11.1 Å². The van der Waals surface area contributed by atoms with Gasteiger partial charge in [0.2, 0.25) is 20.0 Å². The van der Waals surface area contributed by atoms with E-state index in [-0.39, 0.29) is 17.7 Å². The number of nitrogens with zero attached hydrogens (tertiary/aromatic N) is 7. The van der Waals surface area contributed by atoms with Crippen molar-refractivity contribution in [3.63, 3.8) is 0 Å². The van der Waals surface area contributed by atoms with Gasteiger partial charge in [-0.25, -0.2) is 35.4 Å². The van der Waals surface area contributed by atoms with Gasteiger partial charge in [-0.15, -0.1) is 45.3 Å². The van der Waals surface area contributed by atoms with Crippen LogP contribution in [0, 0.1) is 0 Å². The minimum absolute atomic E-state index is 0.0239. The SMILES string of the molecule is CS(=O)(=O)N1CCC(c2cc(CCc3ccc(Cl)s3)[nH]n2)C1.CS(=O)(=O)N1CCC(c2cc(CCc3ccc(Cl)s3)n(C(=O)c3cscn3)n2)C1.O=C(Cl)c1cscn1. The second kappa shape index (κ2) is 20.3. The van der Waals surface area contributed by atoms with Crippen molar-refractivity contribution in [3.05, 3.63) is 111 Å². The lowest BCUT2D eigenvalue weighted by Crippen LogP contribution is -2.27. The third kappa shape index (κ3) is 12.8. The molecule has 2 aliphatic rings. The van der Waals surface area contributed by atoms with Crippen LogP contribution >= 0.6 is 80.1 Å². The molecule has 2 unspecified atom stereocenters. The Morgan fingerprint density at radius 2 is 1.31 bits per heavy atom. The first-order chi connectivity index (χ1) is 28.0. The van der Waals surface area contributed by atoms with Gasteiger partial charge in [0.1, 0.15) is 11.4 Å². The Kier molecular flexibility index (Phi) is 15.7. The molecule has 8 heterocycles. The van der Waals surface area contributed by atoms with Crippen molar-refractivity contribution in [3.8, 4) is 0 Å². The molecular formula is C36H39Cl3N8O6S6. The molecule has 0 amide bonds. The number of nitrogens with one attached hydrogen (secondary N) is 1. The average Bonchev–Trinajstić information content (AvgIpc) is 4.01. The Morgan fingerprint density at radius 1 is 0.763 bits per heavy atom. The van der Waals surface area contributed by atoms with E-state index in [9.17, 15) is 26.4 Å². The fraction of sp³-hybridized carbons (Fsp3) is 0.389. The van der Waals surface area contributed by atoms with Crippen molar-refractivity contribution in [1.82, 2.24) is 38.6 Å². The third-order valence-corrected chi connectivity index (χ3v) is 16.0. The first kappa shape index (κ1) is 45.6. The third-order valence-electron chi connectivity index (χ3n) is 9.53. The summed E-state index contributed by atoms with van der Waals surface area (Å²) in [4.78, 5) is 33.3. The number of thiophene rings is 2. The largest absolute Gasteiger partial charge is 0.297 e. The number of hydrogen-bond acceptors (Lipinski definition) is 14. The smallest absolute Gasteiger partial charge is 0.282 e. The van der Waals surface area contributed by atoms with Gasteiger partial charge in [0.15, 0.2) is 0 Å². The van der Waals surface area contributed by atoms with Crippen LogP contribution in [0.3, 0.4) is 0 Å². The second-order valence-electron chi connectivity index (χ2n) is 13.7.